The van der Waals surface area contributed by atoms with Crippen molar-refractivity contribution in [3.05, 3.63) is 28.2 Å². The minimum atomic E-state index is -4.05. The van der Waals surface area contributed by atoms with Gasteiger partial charge in [0.15, 0.2) is 5.78 Å². The molecule has 9 heteroatoms. The van der Waals surface area contributed by atoms with Gasteiger partial charge in [-0.3, -0.25) is 9.59 Å². The fourth-order valence-electron chi connectivity index (χ4n) is 7.88. The van der Waals surface area contributed by atoms with Crippen LogP contribution in [0.4, 0.5) is 0 Å². The number of benzene rings is 1. The van der Waals surface area contributed by atoms with Crippen molar-refractivity contribution in [2.75, 3.05) is 0 Å². The molecule has 0 aromatic heterocycles. The molecule has 5 saturated carbocycles. The number of hydrogen-bond donors (Lipinski definition) is 2. The third-order valence-corrected chi connectivity index (χ3v) is 11.3. The predicted molar refractivity (Wildman–Crippen MR) is 126 cm³/mol. The van der Waals surface area contributed by atoms with E-state index in [0.29, 0.717) is 37.5 Å². The number of Topliss-reactive ketones (excluding diaryl/α,β-unsaturated/α-hetero) is 1. The predicted octanol–water partition coefficient (Wildman–Crippen LogP) is 4.62. The third-order valence-electron chi connectivity index (χ3n) is 8.77. The zero-order valence-corrected chi connectivity index (χ0v) is 20.9. The van der Waals surface area contributed by atoms with E-state index in [1.54, 1.807) is 0 Å². The van der Waals surface area contributed by atoms with Crippen LogP contribution in [0, 0.1) is 22.7 Å². The number of carbonyl (C=O) groups excluding carboxylic acids is 2. The van der Waals surface area contributed by atoms with Crippen molar-refractivity contribution in [1.29, 1.82) is 0 Å². The SMILES string of the molecule is NC(=O)C12CC3CC(CC(CC(=O)C4(NS(=O)(=O)c5cccc(Cl)c5Cl)CCCC4)(C3)C1)C2. The average molecular weight is 513 g/mol. The second kappa shape index (κ2) is 7.94. The molecule has 0 heterocycles. The molecule has 33 heavy (non-hydrogen) atoms. The maximum Gasteiger partial charge on any atom is 0.243 e. The summed E-state index contributed by atoms with van der Waals surface area (Å²) in [5, 5.41) is 0.105. The third kappa shape index (κ3) is 3.93. The first-order chi connectivity index (χ1) is 15.5. The van der Waals surface area contributed by atoms with Gasteiger partial charge >= 0.3 is 0 Å². The lowest BCUT2D eigenvalue weighted by molar-refractivity contribution is -0.159. The quantitative estimate of drug-likeness (QED) is 0.555. The van der Waals surface area contributed by atoms with Crippen molar-refractivity contribution in [3.8, 4) is 0 Å². The number of sulfonamides is 1. The molecule has 3 N–H and O–H groups in total. The molecular weight excluding hydrogens is 483 g/mol. The van der Waals surface area contributed by atoms with Gasteiger partial charge in [0.1, 0.15) is 4.90 Å². The number of rotatable bonds is 7. The summed E-state index contributed by atoms with van der Waals surface area (Å²) in [5.41, 5.74) is 3.96. The van der Waals surface area contributed by atoms with Crippen LogP contribution < -0.4 is 10.5 Å². The molecular formula is C24H30Cl2N2O4S. The Morgan fingerprint density at radius 2 is 1.70 bits per heavy atom. The molecule has 4 bridgehead atoms. The average Bonchev–Trinajstić information content (AvgIpc) is 3.17. The maximum atomic E-state index is 13.9. The van der Waals surface area contributed by atoms with Crippen LogP contribution in [0.3, 0.4) is 0 Å². The summed E-state index contributed by atoms with van der Waals surface area (Å²) in [6, 6.07) is 4.46. The van der Waals surface area contributed by atoms with Crippen molar-refractivity contribution in [2.45, 2.75) is 81.1 Å². The summed E-state index contributed by atoms with van der Waals surface area (Å²) < 4.78 is 29.4. The highest BCUT2D eigenvalue weighted by Gasteiger charge is 2.61. The highest BCUT2D eigenvalue weighted by molar-refractivity contribution is 7.89. The highest BCUT2D eigenvalue weighted by atomic mass is 35.5. The highest BCUT2D eigenvalue weighted by Crippen LogP contribution is 2.66. The molecule has 180 valence electrons. The van der Waals surface area contributed by atoms with Crippen LogP contribution in [0.1, 0.15) is 70.6 Å². The zero-order valence-electron chi connectivity index (χ0n) is 18.5. The lowest BCUT2D eigenvalue weighted by atomic mass is 9.43. The van der Waals surface area contributed by atoms with Crippen LogP contribution in [0.2, 0.25) is 10.0 Å². The van der Waals surface area contributed by atoms with Gasteiger partial charge in [0, 0.05) is 6.42 Å². The fraction of sp³-hybridized carbons (Fsp3) is 0.667. The molecule has 6 nitrogen and oxygen atoms in total. The van der Waals surface area contributed by atoms with Gasteiger partial charge in [-0.25, -0.2) is 8.42 Å². The van der Waals surface area contributed by atoms with Crippen LogP contribution in [0.15, 0.2) is 23.1 Å². The van der Waals surface area contributed by atoms with Crippen LogP contribution in [-0.2, 0) is 19.6 Å². The van der Waals surface area contributed by atoms with Crippen molar-refractivity contribution in [3.63, 3.8) is 0 Å². The van der Waals surface area contributed by atoms with Crippen molar-refractivity contribution in [1.82, 2.24) is 4.72 Å². The van der Waals surface area contributed by atoms with E-state index in [-0.39, 0.29) is 32.0 Å². The van der Waals surface area contributed by atoms with E-state index in [1.807, 2.05) is 0 Å². The molecule has 1 aromatic carbocycles. The number of nitrogens with one attached hydrogen (secondary N) is 1. The summed E-state index contributed by atoms with van der Waals surface area (Å²) in [4.78, 5) is 26.2. The number of amides is 1. The first kappa shape index (κ1) is 23.6. The molecule has 0 aliphatic heterocycles. The summed E-state index contributed by atoms with van der Waals surface area (Å²) in [5.74, 6) is 0.546. The number of ketones is 1. The number of halogens is 2. The van der Waals surface area contributed by atoms with E-state index >= 15 is 0 Å². The van der Waals surface area contributed by atoms with E-state index in [9.17, 15) is 18.0 Å². The largest absolute Gasteiger partial charge is 0.369 e. The molecule has 5 aliphatic carbocycles. The molecule has 1 aromatic rings. The lowest BCUT2D eigenvalue weighted by Gasteiger charge is -2.61. The minimum Gasteiger partial charge on any atom is -0.369 e. The summed E-state index contributed by atoms with van der Waals surface area (Å²) in [6.07, 6.45) is 8.05. The summed E-state index contributed by atoms with van der Waals surface area (Å²) >= 11 is 12.2. The molecule has 2 atom stereocenters. The van der Waals surface area contributed by atoms with Gasteiger partial charge in [0.2, 0.25) is 15.9 Å². The minimum absolute atomic E-state index is 0.0447. The Balaban J connectivity index is 1.43. The molecule has 6 rings (SSSR count). The van der Waals surface area contributed by atoms with Crippen LogP contribution in [0.25, 0.3) is 0 Å². The van der Waals surface area contributed by atoms with Crippen LogP contribution in [0.5, 0.6) is 0 Å². The molecule has 1 amide bonds. The molecule has 0 spiro atoms. The number of hydrogen-bond acceptors (Lipinski definition) is 4. The van der Waals surface area contributed by atoms with Crippen LogP contribution in [-0.4, -0.2) is 25.6 Å². The topological polar surface area (TPSA) is 106 Å². The van der Waals surface area contributed by atoms with E-state index in [4.69, 9.17) is 28.9 Å². The molecule has 5 aliphatic rings. The summed E-state index contributed by atoms with van der Waals surface area (Å²) in [6.45, 7) is 0. The Kier molecular flexibility index (Phi) is 5.67. The fourth-order valence-corrected chi connectivity index (χ4v) is 10.1. The van der Waals surface area contributed by atoms with Crippen molar-refractivity contribution in [2.24, 2.45) is 28.4 Å². The molecule has 2 unspecified atom stereocenters. The van der Waals surface area contributed by atoms with Gasteiger partial charge in [0.05, 0.1) is 21.0 Å². The van der Waals surface area contributed by atoms with Gasteiger partial charge in [-0.15, -0.1) is 0 Å². The summed E-state index contributed by atoms with van der Waals surface area (Å²) in [7, 11) is -4.05. The van der Waals surface area contributed by atoms with E-state index < -0.39 is 21.0 Å². The van der Waals surface area contributed by atoms with E-state index in [1.165, 1.54) is 18.2 Å². The van der Waals surface area contributed by atoms with Gasteiger partial charge < -0.3 is 5.73 Å². The van der Waals surface area contributed by atoms with Gasteiger partial charge in [-0.2, -0.15) is 4.72 Å². The standard InChI is InChI=1S/C24H30Cl2N2O4S/c25-17-4-3-5-18(20(17)26)33(31,32)28-24(6-1-2-7-24)19(29)13-22-9-15-8-16(10-22)12-23(11-15,14-22)21(27)30/h3-5,15-16,28H,1-2,6-14H2,(H2,27,30). The van der Waals surface area contributed by atoms with Crippen LogP contribution >= 0.6 is 23.2 Å². The van der Waals surface area contributed by atoms with E-state index in [2.05, 4.69) is 4.72 Å². The second-order valence-electron chi connectivity index (χ2n) is 11.2. The first-order valence-corrected chi connectivity index (χ1v) is 14.0. The van der Waals surface area contributed by atoms with Gasteiger partial charge in [-0.1, -0.05) is 42.1 Å². The Morgan fingerprint density at radius 1 is 1.06 bits per heavy atom. The maximum absolute atomic E-state index is 13.9. The van der Waals surface area contributed by atoms with Crippen molar-refractivity contribution < 1.29 is 18.0 Å². The molecule has 0 saturated heterocycles. The molecule has 5 fully saturated rings. The Morgan fingerprint density at radius 3 is 2.30 bits per heavy atom. The van der Waals surface area contributed by atoms with Crippen molar-refractivity contribution >= 4 is 44.9 Å². The Bertz CT molecular complexity index is 1100. The molecule has 0 radical (unpaired) electrons. The number of carbonyl (C=O) groups is 2. The zero-order chi connectivity index (χ0) is 23.6. The van der Waals surface area contributed by atoms with E-state index in [0.717, 1.165) is 44.9 Å². The first-order valence-electron chi connectivity index (χ1n) is 11.8. The smallest absolute Gasteiger partial charge is 0.243 e. The van der Waals surface area contributed by atoms with Gasteiger partial charge in [0.25, 0.3) is 0 Å². The van der Waals surface area contributed by atoms with Gasteiger partial charge in [-0.05, 0) is 80.8 Å². The number of primary amides is 1. The Labute approximate surface area is 205 Å². The normalized spacial score (nSPS) is 34.5. The lowest BCUT2D eigenvalue weighted by Crippen LogP contribution is -2.59. The Hall–Kier alpha value is -1.15. The number of nitrogens with two attached hydrogens (primary N) is 1. The second-order valence-corrected chi connectivity index (χ2v) is 13.6. The monoisotopic (exact) mass is 512 g/mol.